The number of primary amides is 1. The molecule has 0 radical (unpaired) electrons. The third-order valence-corrected chi connectivity index (χ3v) is 3.26. The summed E-state index contributed by atoms with van der Waals surface area (Å²) in [7, 11) is 0. The molecule has 0 unspecified atom stereocenters. The standard InChI is InChI=1S/C11H15NO2.C11H13NO/c1-7(2)14-10-5-8(3)4-9(6-10)11(12)13;1-8(2)13-11-5-9(3)4-10(6-11)7-12/h4-7H,1-3H3,(H2,12,13);4-6,8H,1-3H3. The fraction of sp³-hybridized carbons (Fsp3) is 0.364. The van der Waals surface area contributed by atoms with Crippen molar-refractivity contribution in [2.24, 2.45) is 5.73 Å². The number of amides is 1. The maximum atomic E-state index is 11.0. The second-order valence-electron chi connectivity index (χ2n) is 6.88. The number of aryl methyl sites for hydroxylation is 2. The number of benzene rings is 2. The number of carbonyl (C=O) groups excluding carboxylic acids is 1. The highest BCUT2D eigenvalue weighted by Crippen LogP contribution is 2.18. The monoisotopic (exact) mass is 368 g/mol. The molecule has 1 amide bonds. The van der Waals surface area contributed by atoms with E-state index in [9.17, 15) is 4.79 Å². The zero-order chi connectivity index (χ0) is 20.6. The molecule has 2 aromatic rings. The number of nitrogens with two attached hydrogens (primary N) is 1. The number of rotatable bonds is 5. The molecule has 0 atom stereocenters. The zero-order valence-corrected chi connectivity index (χ0v) is 16.9. The van der Waals surface area contributed by atoms with E-state index < -0.39 is 5.91 Å². The van der Waals surface area contributed by atoms with Crippen LogP contribution >= 0.6 is 0 Å². The van der Waals surface area contributed by atoms with Crippen LogP contribution in [0.25, 0.3) is 0 Å². The molecule has 0 aliphatic rings. The molecule has 2 rings (SSSR count). The topological polar surface area (TPSA) is 85.3 Å². The third kappa shape index (κ3) is 8.28. The lowest BCUT2D eigenvalue weighted by atomic mass is 10.1. The van der Waals surface area contributed by atoms with Crippen molar-refractivity contribution in [3.05, 3.63) is 58.7 Å². The molecule has 0 saturated carbocycles. The molecule has 27 heavy (non-hydrogen) atoms. The van der Waals surface area contributed by atoms with Gasteiger partial charge in [0, 0.05) is 5.56 Å². The molecule has 0 spiro atoms. The van der Waals surface area contributed by atoms with Gasteiger partial charge < -0.3 is 15.2 Å². The molecule has 5 heteroatoms. The SMILES string of the molecule is Cc1cc(C#N)cc(OC(C)C)c1.Cc1cc(OC(C)C)cc(C(N)=O)c1. The molecule has 0 bridgehead atoms. The van der Waals surface area contributed by atoms with Crippen molar-refractivity contribution in [2.75, 3.05) is 0 Å². The molecule has 0 fully saturated rings. The van der Waals surface area contributed by atoms with E-state index >= 15 is 0 Å². The van der Waals surface area contributed by atoms with E-state index in [4.69, 9.17) is 20.5 Å². The highest BCUT2D eigenvalue weighted by Gasteiger charge is 2.05. The number of ether oxygens (including phenoxy) is 2. The van der Waals surface area contributed by atoms with Crippen LogP contribution in [-0.2, 0) is 0 Å². The largest absolute Gasteiger partial charge is 0.491 e. The molecule has 2 aromatic carbocycles. The normalized spacial score (nSPS) is 10.0. The smallest absolute Gasteiger partial charge is 0.248 e. The molecular weight excluding hydrogens is 340 g/mol. The van der Waals surface area contributed by atoms with E-state index in [-0.39, 0.29) is 12.2 Å². The minimum atomic E-state index is -0.428. The third-order valence-electron chi connectivity index (χ3n) is 3.26. The van der Waals surface area contributed by atoms with E-state index in [2.05, 4.69) is 6.07 Å². The molecule has 0 aliphatic carbocycles. The van der Waals surface area contributed by atoms with Crippen LogP contribution < -0.4 is 15.2 Å². The van der Waals surface area contributed by atoms with Crippen LogP contribution in [0.3, 0.4) is 0 Å². The number of carbonyl (C=O) groups is 1. The first kappa shape index (κ1) is 22.0. The lowest BCUT2D eigenvalue weighted by Crippen LogP contribution is -2.12. The summed E-state index contributed by atoms with van der Waals surface area (Å²) < 4.78 is 11.0. The number of hydrogen-bond acceptors (Lipinski definition) is 4. The molecule has 144 valence electrons. The lowest BCUT2D eigenvalue weighted by molar-refractivity contribution is 0.0999. The summed E-state index contributed by atoms with van der Waals surface area (Å²) in [4.78, 5) is 11.0. The van der Waals surface area contributed by atoms with Gasteiger partial charge in [0.1, 0.15) is 11.5 Å². The Hall–Kier alpha value is -3.00. The molecule has 2 N–H and O–H groups in total. The van der Waals surface area contributed by atoms with Gasteiger partial charge in [0.15, 0.2) is 0 Å². The van der Waals surface area contributed by atoms with Gasteiger partial charge in [-0.25, -0.2) is 0 Å². The molecular formula is C22H28N2O3. The second-order valence-corrected chi connectivity index (χ2v) is 6.88. The first-order valence-corrected chi connectivity index (χ1v) is 8.87. The van der Waals surface area contributed by atoms with E-state index in [1.165, 1.54) is 0 Å². The predicted molar refractivity (Wildman–Crippen MR) is 107 cm³/mol. The maximum Gasteiger partial charge on any atom is 0.248 e. The summed E-state index contributed by atoms with van der Waals surface area (Å²) in [6, 6.07) is 12.9. The predicted octanol–water partition coefficient (Wildman–Crippen LogP) is 4.54. The second kappa shape index (κ2) is 10.2. The molecule has 5 nitrogen and oxygen atoms in total. The highest BCUT2D eigenvalue weighted by molar-refractivity contribution is 5.93. The fourth-order valence-corrected chi connectivity index (χ4v) is 2.38. The van der Waals surface area contributed by atoms with E-state index in [1.54, 1.807) is 18.2 Å². The van der Waals surface area contributed by atoms with Crippen LogP contribution in [0, 0.1) is 25.2 Å². The highest BCUT2D eigenvalue weighted by atomic mass is 16.5. The van der Waals surface area contributed by atoms with Crippen LogP contribution in [0.15, 0.2) is 36.4 Å². The average molecular weight is 368 g/mol. The Morgan fingerprint density at radius 2 is 1.37 bits per heavy atom. The number of nitriles is 1. The van der Waals surface area contributed by atoms with Gasteiger partial charge >= 0.3 is 0 Å². The van der Waals surface area contributed by atoms with E-state index in [1.807, 2.05) is 59.7 Å². The Bertz CT molecular complexity index is 821. The summed E-state index contributed by atoms with van der Waals surface area (Å²) in [6.07, 6.45) is 0.242. The Kier molecular flexibility index (Phi) is 8.34. The number of hydrogen-bond donors (Lipinski definition) is 1. The fourth-order valence-electron chi connectivity index (χ4n) is 2.38. The van der Waals surface area contributed by atoms with Crippen molar-refractivity contribution in [3.8, 4) is 17.6 Å². The minimum absolute atomic E-state index is 0.0949. The number of nitrogens with zero attached hydrogens (tertiary/aromatic N) is 1. The van der Waals surface area contributed by atoms with Crippen molar-refractivity contribution < 1.29 is 14.3 Å². The van der Waals surface area contributed by atoms with Crippen molar-refractivity contribution in [1.82, 2.24) is 0 Å². The summed E-state index contributed by atoms with van der Waals surface area (Å²) >= 11 is 0. The van der Waals surface area contributed by atoms with Gasteiger partial charge in [-0.1, -0.05) is 0 Å². The van der Waals surface area contributed by atoms with Crippen LogP contribution in [0.5, 0.6) is 11.5 Å². The Labute approximate surface area is 161 Å². The minimum Gasteiger partial charge on any atom is -0.491 e. The van der Waals surface area contributed by atoms with Gasteiger partial charge in [-0.05, 0) is 89.1 Å². The lowest BCUT2D eigenvalue weighted by Gasteiger charge is -2.11. The van der Waals surface area contributed by atoms with Crippen LogP contribution in [0.2, 0.25) is 0 Å². The Balaban J connectivity index is 0.000000271. The summed E-state index contributed by atoms with van der Waals surface area (Å²) in [5, 5.41) is 8.72. The van der Waals surface area contributed by atoms with Gasteiger partial charge in [-0.2, -0.15) is 5.26 Å². The first-order chi connectivity index (χ1) is 12.6. The average Bonchev–Trinajstić information content (AvgIpc) is 2.52. The van der Waals surface area contributed by atoms with E-state index in [0.29, 0.717) is 16.9 Å². The molecule has 0 aromatic heterocycles. The maximum absolute atomic E-state index is 11.0. The molecule has 0 aliphatic heterocycles. The van der Waals surface area contributed by atoms with Crippen molar-refractivity contribution in [3.63, 3.8) is 0 Å². The van der Waals surface area contributed by atoms with Gasteiger partial charge in [0.2, 0.25) is 5.91 Å². The van der Waals surface area contributed by atoms with Crippen LogP contribution in [0.1, 0.15) is 54.7 Å². The molecule has 0 heterocycles. The summed E-state index contributed by atoms with van der Waals surface area (Å²) in [5.74, 6) is 1.03. The van der Waals surface area contributed by atoms with Crippen LogP contribution in [0.4, 0.5) is 0 Å². The first-order valence-electron chi connectivity index (χ1n) is 8.87. The van der Waals surface area contributed by atoms with Gasteiger partial charge in [-0.15, -0.1) is 0 Å². The Morgan fingerprint density at radius 1 is 0.889 bits per heavy atom. The summed E-state index contributed by atoms with van der Waals surface area (Å²) in [5.41, 5.74) is 8.34. The van der Waals surface area contributed by atoms with Gasteiger partial charge in [0.05, 0.1) is 23.8 Å². The van der Waals surface area contributed by atoms with Crippen molar-refractivity contribution in [1.29, 1.82) is 5.26 Å². The molecule has 0 saturated heterocycles. The quantitative estimate of drug-likeness (QED) is 0.840. The van der Waals surface area contributed by atoms with Gasteiger partial charge in [-0.3, -0.25) is 4.79 Å². The summed E-state index contributed by atoms with van der Waals surface area (Å²) in [6.45, 7) is 11.7. The van der Waals surface area contributed by atoms with Crippen molar-refractivity contribution in [2.45, 2.75) is 53.8 Å². The van der Waals surface area contributed by atoms with Gasteiger partial charge in [0.25, 0.3) is 0 Å². The van der Waals surface area contributed by atoms with E-state index in [0.717, 1.165) is 16.9 Å². The van der Waals surface area contributed by atoms with Crippen LogP contribution in [-0.4, -0.2) is 18.1 Å². The van der Waals surface area contributed by atoms with Crippen molar-refractivity contribution >= 4 is 5.91 Å². The Morgan fingerprint density at radius 3 is 1.81 bits per heavy atom. The zero-order valence-electron chi connectivity index (χ0n) is 16.9.